The minimum Gasteiger partial charge on any atom is -0.494 e. The van der Waals surface area contributed by atoms with Crippen molar-refractivity contribution in [1.29, 1.82) is 0 Å². The Hall–Kier alpha value is -4.34. The maximum atomic E-state index is 12.3. The molecule has 2 N–H and O–H groups in total. The number of nitrogens with zero attached hydrogens (tertiary/aromatic N) is 4. The molecule has 3 heterocycles. The molecule has 0 fully saturated rings. The van der Waals surface area contributed by atoms with Gasteiger partial charge in [-0.05, 0) is 70.9 Å². The third-order valence-corrected chi connectivity index (χ3v) is 6.36. The van der Waals surface area contributed by atoms with Gasteiger partial charge in [0.1, 0.15) is 22.5 Å². The molecule has 0 radical (unpaired) electrons. The first-order valence-electron chi connectivity index (χ1n) is 12.8. The van der Waals surface area contributed by atoms with Gasteiger partial charge in [0.2, 0.25) is 0 Å². The van der Waals surface area contributed by atoms with Crippen molar-refractivity contribution < 1.29 is 24.2 Å². The number of rotatable bonds is 9. The van der Waals surface area contributed by atoms with E-state index in [0.717, 1.165) is 29.6 Å². The lowest BCUT2D eigenvalue weighted by Gasteiger charge is -2.22. The Morgan fingerprint density at radius 1 is 1.21 bits per heavy atom. The van der Waals surface area contributed by atoms with E-state index >= 15 is 0 Å². The largest absolute Gasteiger partial charge is 0.494 e. The van der Waals surface area contributed by atoms with Gasteiger partial charge in [-0.3, -0.25) is 0 Å². The molecule has 4 rings (SSSR count). The molecule has 206 valence electrons. The van der Waals surface area contributed by atoms with Crippen LogP contribution in [0.15, 0.2) is 43.0 Å². The number of methoxy groups -OCH3 is 1. The third-order valence-electron chi connectivity index (χ3n) is 6.36. The van der Waals surface area contributed by atoms with Gasteiger partial charge < -0.3 is 29.0 Å². The lowest BCUT2D eigenvalue weighted by Crippen LogP contribution is -2.34. The van der Waals surface area contributed by atoms with Gasteiger partial charge in [0.25, 0.3) is 0 Å². The second-order valence-electron chi connectivity index (χ2n) is 10.5. The highest BCUT2D eigenvalue weighted by Crippen LogP contribution is 2.34. The van der Waals surface area contributed by atoms with Crippen molar-refractivity contribution in [3.63, 3.8) is 0 Å². The lowest BCUT2D eigenvalue weighted by atomic mass is 10.2. The number of alkyl carbamates (subject to hydrolysis) is 1. The first-order chi connectivity index (χ1) is 18.4. The molecule has 39 heavy (non-hydrogen) atoms. The number of aryl methyl sites for hydroxylation is 2. The SMILES string of the molecule is C=CCCCn1c(-c2nc3cc(C(=O)O)cc(OC)c3n2C)cc2ccc(C(C)NC(=O)OC(C)(C)C)nc21. The summed E-state index contributed by atoms with van der Waals surface area (Å²) in [4.78, 5) is 33.8. The van der Waals surface area contributed by atoms with Crippen LogP contribution in [0, 0.1) is 0 Å². The molecule has 0 saturated carbocycles. The number of amides is 1. The van der Waals surface area contributed by atoms with Gasteiger partial charge in [0.05, 0.1) is 35.6 Å². The van der Waals surface area contributed by atoms with E-state index in [1.165, 1.54) is 13.2 Å². The van der Waals surface area contributed by atoms with Crippen LogP contribution in [0.1, 0.15) is 62.6 Å². The monoisotopic (exact) mass is 533 g/mol. The Morgan fingerprint density at radius 3 is 2.59 bits per heavy atom. The van der Waals surface area contributed by atoms with Crippen molar-refractivity contribution >= 4 is 34.1 Å². The van der Waals surface area contributed by atoms with Gasteiger partial charge >= 0.3 is 12.1 Å². The number of carboxylic acid groups (broad SMARTS) is 1. The fourth-order valence-electron chi connectivity index (χ4n) is 4.57. The van der Waals surface area contributed by atoms with Crippen molar-refractivity contribution in [1.82, 2.24) is 24.4 Å². The highest BCUT2D eigenvalue weighted by atomic mass is 16.6. The first kappa shape index (κ1) is 27.7. The zero-order valence-electron chi connectivity index (χ0n) is 23.2. The molecule has 10 nitrogen and oxygen atoms in total. The van der Waals surface area contributed by atoms with Crippen molar-refractivity contribution in [3.05, 3.63) is 54.2 Å². The minimum atomic E-state index is -1.05. The molecule has 0 bridgehead atoms. The van der Waals surface area contributed by atoms with Crippen molar-refractivity contribution in [2.24, 2.45) is 7.05 Å². The number of carboxylic acids is 1. The van der Waals surface area contributed by atoms with Crippen LogP contribution in [0.2, 0.25) is 0 Å². The van der Waals surface area contributed by atoms with Gasteiger partial charge in [-0.15, -0.1) is 6.58 Å². The first-order valence-corrected chi connectivity index (χ1v) is 12.8. The molecule has 1 amide bonds. The molecule has 10 heteroatoms. The number of hydrogen-bond acceptors (Lipinski definition) is 6. The van der Waals surface area contributed by atoms with Crippen LogP contribution in [0.25, 0.3) is 33.6 Å². The maximum absolute atomic E-state index is 12.3. The van der Waals surface area contributed by atoms with E-state index in [1.807, 2.05) is 63.6 Å². The van der Waals surface area contributed by atoms with E-state index in [-0.39, 0.29) is 11.6 Å². The normalized spacial score (nSPS) is 12.5. The smallest absolute Gasteiger partial charge is 0.408 e. The van der Waals surface area contributed by atoms with Crippen molar-refractivity contribution in [3.8, 4) is 17.3 Å². The molecule has 1 atom stereocenters. The van der Waals surface area contributed by atoms with E-state index in [9.17, 15) is 14.7 Å². The predicted molar refractivity (Wildman–Crippen MR) is 150 cm³/mol. The number of pyridine rings is 1. The van der Waals surface area contributed by atoms with Crippen LogP contribution in [0.3, 0.4) is 0 Å². The molecule has 0 spiro atoms. The summed E-state index contributed by atoms with van der Waals surface area (Å²) in [5.41, 5.74) is 3.02. The standard InChI is InChI=1S/C29H35N5O5/c1-8-9-10-13-34-22(26-32-21-14-19(27(35)36)16-23(38-7)24(21)33(26)6)15-18-11-12-20(31-25(18)34)17(2)30-28(37)39-29(3,4)5/h8,11-12,14-17H,1,9-10,13H2,2-7H3,(H,30,37)(H,35,36). The van der Waals surface area contributed by atoms with Gasteiger partial charge in [0, 0.05) is 19.0 Å². The number of aromatic nitrogens is 4. The number of hydrogen-bond donors (Lipinski definition) is 2. The van der Waals surface area contributed by atoms with E-state index in [0.29, 0.717) is 34.8 Å². The molecule has 3 aromatic heterocycles. The number of nitrogens with one attached hydrogen (secondary N) is 1. The number of unbranched alkanes of at least 4 members (excludes halogenated alkanes) is 1. The minimum absolute atomic E-state index is 0.105. The number of ether oxygens (including phenoxy) is 2. The molecule has 0 aliphatic rings. The zero-order chi connectivity index (χ0) is 28.5. The maximum Gasteiger partial charge on any atom is 0.408 e. The number of carbonyl (C=O) groups excluding carboxylic acids is 1. The summed E-state index contributed by atoms with van der Waals surface area (Å²) in [5, 5.41) is 13.3. The molecule has 1 aromatic carbocycles. The summed E-state index contributed by atoms with van der Waals surface area (Å²) in [6.07, 6.45) is 3.04. The summed E-state index contributed by atoms with van der Waals surface area (Å²) in [5.74, 6) is 0.0404. The molecule has 0 aliphatic carbocycles. The van der Waals surface area contributed by atoms with Crippen molar-refractivity contribution in [2.75, 3.05) is 7.11 Å². The van der Waals surface area contributed by atoms with E-state index < -0.39 is 17.7 Å². The number of allylic oxidation sites excluding steroid dienone is 1. The third kappa shape index (κ3) is 5.74. The predicted octanol–water partition coefficient (Wildman–Crippen LogP) is 5.85. The molecule has 4 aromatic rings. The average Bonchev–Trinajstić information content (AvgIpc) is 3.39. The van der Waals surface area contributed by atoms with Crippen LogP contribution in [-0.4, -0.2) is 49.0 Å². The molecule has 0 aliphatic heterocycles. The number of aromatic carboxylic acids is 1. The Kier molecular flexibility index (Phi) is 7.67. The Balaban J connectivity index is 1.82. The van der Waals surface area contributed by atoms with E-state index in [2.05, 4.69) is 16.5 Å². The van der Waals surface area contributed by atoms with Crippen LogP contribution in [0.5, 0.6) is 5.75 Å². The topological polar surface area (TPSA) is 120 Å². The van der Waals surface area contributed by atoms with E-state index in [4.69, 9.17) is 19.4 Å². The van der Waals surface area contributed by atoms with Gasteiger partial charge in [-0.2, -0.15) is 0 Å². The highest BCUT2D eigenvalue weighted by molar-refractivity contribution is 5.96. The fraction of sp³-hybridized carbons (Fsp3) is 0.379. The van der Waals surface area contributed by atoms with Crippen LogP contribution >= 0.6 is 0 Å². The number of fused-ring (bicyclic) bond motifs is 2. The van der Waals surface area contributed by atoms with Crippen molar-refractivity contribution in [2.45, 2.75) is 58.7 Å². The molecular formula is C29H35N5O5. The second kappa shape index (κ2) is 10.8. The summed E-state index contributed by atoms with van der Waals surface area (Å²) in [7, 11) is 3.39. The number of benzene rings is 1. The summed E-state index contributed by atoms with van der Waals surface area (Å²) >= 11 is 0. The van der Waals surface area contributed by atoms with Crippen LogP contribution < -0.4 is 10.1 Å². The zero-order valence-corrected chi connectivity index (χ0v) is 23.2. The second-order valence-corrected chi connectivity index (χ2v) is 10.5. The fourth-order valence-corrected chi connectivity index (χ4v) is 4.57. The Bertz CT molecular complexity index is 1560. The quantitative estimate of drug-likeness (QED) is 0.205. The Morgan fingerprint density at radius 2 is 1.95 bits per heavy atom. The van der Waals surface area contributed by atoms with E-state index in [1.54, 1.807) is 6.07 Å². The molecular weight excluding hydrogens is 498 g/mol. The Labute approximate surface area is 227 Å². The van der Waals surface area contributed by atoms with Crippen LogP contribution in [0.4, 0.5) is 4.79 Å². The highest BCUT2D eigenvalue weighted by Gasteiger charge is 2.23. The van der Waals surface area contributed by atoms with Gasteiger partial charge in [-0.1, -0.05) is 6.08 Å². The summed E-state index contributed by atoms with van der Waals surface area (Å²) in [6.45, 7) is 11.8. The van der Waals surface area contributed by atoms with Gasteiger partial charge in [0.15, 0.2) is 5.82 Å². The molecule has 0 saturated heterocycles. The van der Waals surface area contributed by atoms with Gasteiger partial charge in [-0.25, -0.2) is 19.6 Å². The van der Waals surface area contributed by atoms with Crippen LogP contribution in [-0.2, 0) is 18.3 Å². The average molecular weight is 534 g/mol. The summed E-state index contributed by atoms with van der Waals surface area (Å²) in [6, 6.07) is 8.57. The lowest BCUT2D eigenvalue weighted by molar-refractivity contribution is 0.0506. The number of imidazole rings is 1. The summed E-state index contributed by atoms with van der Waals surface area (Å²) < 4.78 is 14.9. The molecule has 1 unspecified atom stereocenters. The number of carbonyl (C=O) groups is 2.